The van der Waals surface area contributed by atoms with Crippen molar-refractivity contribution in [1.29, 1.82) is 0 Å². The number of nitrogens with one attached hydrogen (secondary N) is 1. The Balaban J connectivity index is 1.42. The molecule has 1 aliphatic rings. The number of methoxy groups -OCH3 is 1. The van der Waals surface area contributed by atoms with Crippen LogP contribution in [0.1, 0.15) is 37.7 Å². The van der Waals surface area contributed by atoms with E-state index in [0.717, 1.165) is 0 Å². The van der Waals surface area contributed by atoms with Crippen molar-refractivity contribution in [3.05, 3.63) is 100 Å². The average molecular weight is 545 g/mol. The topological polar surface area (TPSA) is 119 Å². The van der Waals surface area contributed by atoms with Crippen LogP contribution >= 0.6 is 11.6 Å². The van der Waals surface area contributed by atoms with Crippen LogP contribution in [0.2, 0.25) is 5.02 Å². The zero-order chi connectivity index (χ0) is 27.5. The highest BCUT2D eigenvalue weighted by atomic mass is 35.5. The summed E-state index contributed by atoms with van der Waals surface area (Å²) in [6.07, 6.45) is 5.11. The highest BCUT2D eigenvalue weighted by Gasteiger charge is 2.37. The predicted molar refractivity (Wildman–Crippen MR) is 144 cm³/mol. The summed E-state index contributed by atoms with van der Waals surface area (Å²) < 4.78 is 6.66. The first-order chi connectivity index (χ1) is 18.8. The molecule has 0 bridgehead atoms. The molecule has 39 heavy (non-hydrogen) atoms. The zero-order valence-corrected chi connectivity index (χ0v) is 22.1. The maximum Gasteiger partial charge on any atom is 0.273 e. The van der Waals surface area contributed by atoms with E-state index in [2.05, 4.69) is 20.4 Å². The van der Waals surface area contributed by atoms with Gasteiger partial charge in [-0.15, -0.1) is 0 Å². The van der Waals surface area contributed by atoms with Gasteiger partial charge in [-0.3, -0.25) is 24.0 Å². The molecule has 0 saturated carbocycles. The number of rotatable bonds is 7. The van der Waals surface area contributed by atoms with Gasteiger partial charge in [0.1, 0.15) is 17.3 Å². The van der Waals surface area contributed by atoms with Gasteiger partial charge in [-0.2, -0.15) is 5.10 Å². The van der Waals surface area contributed by atoms with Crippen LogP contribution in [0, 0.1) is 0 Å². The van der Waals surface area contributed by atoms with Gasteiger partial charge in [0, 0.05) is 56.2 Å². The summed E-state index contributed by atoms with van der Waals surface area (Å²) in [5, 5.41) is 7.09. The molecule has 1 N–H and O–H groups in total. The lowest BCUT2D eigenvalue weighted by molar-refractivity contribution is -0.122. The van der Waals surface area contributed by atoms with Crippen molar-refractivity contribution in [3.63, 3.8) is 0 Å². The van der Waals surface area contributed by atoms with Gasteiger partial charge in [-0.05, 0) is 35.9 Å². The average Bonchev–Trinajstić information content (AvgIpc) is 3.26. The van der Waals surface area contributed by atoms with Crippen molar-refractivity contribution < 1.29 is 19.1 Å². The Morgan fingerprint density at radius 2 is 1.97 bits per heavy atom. The number of ether oxygens (including phenoxy) is 1. The fourth-order valence-corrected chi connectivity index (χ4v) is 4.88. The molecule has 3 aromatic heterocycles. The van der Waals surface area contributed by atoms with Gasteiger partial charge in [0.05, 0.1) is 29.9 Å². The highest BCUT2D eigenvalue weighted by Crippen LogP contribution is 2.26. The summed E-state index contributed by atoms with van der Waals surface area (Å²) in [7, 11) is 3.20. The number of carbonyl (C=O) groups is 3. The lowest BCUT2D eigenvalue weighted by Gasteiger charge is -2.29. The van der Waals surface area contributed by atoms with E-state index in [0.29, 0.717) is 34.1 Å². The van der Waals surface area contributed by atoms with E-state index in [9.17, 15) is 14.4 Å². The molecule has 1 aliphatic heterocycles. The molecule has 1 aromatic carbocycles. The van der Waals surface area contributed by atoms with Crippen LogP contribution in [0.5, 0.6) is 5.75 Å². The summed E-state index contributed by atoms with van der Waals surface area (Å²) in [6.45, 7) is 0.103. The van der Waals surface area contributed by atoms with Gasteiger partial charge in [-0.25, -0.2) is 4.98 Å². The number of carbonyl (C=O) groups excluding carboxylic acids is 3. The van der Waals surface area contributed by atoms with E-state index in [1.54, 1.807) is 55.8 Å². The lowest BCUT2D eigenvalue weighted by atomic mass is 10.0. The summed E-state index contributed by atoms with van der Waals surface area (Å²) in [5.74, 6) is 0.0149. The second kappa shape index (κ2) is 11.0. The van der Waals surface area contributed by atoms with Gasteiger partial charge < -0.3 is 15.0 Å². The second-order valence-corrected chi connectivity index (χ2v) is 9.52. The standard InChI is InChI=1S/C28H25ClN6O4/c1-34-26-18(15-32-34)12-24(36)23(13-19-5-3-4-9-30-19)35(28(26)38)16-17-6-7-21(22(29)11-17)27(37)33-25-14-20(39-2)8-10-31-25/h3-11,14-15,23H,12-13,16H2,1-2H3,(H,31,33,37)/t23-/m0/s1. The fraction of sp³-hybridized carbons (Fsp3) is 0.214. The van der Waals surface area contributed by atoms with Crippen molar-refractivity contribution in [2.24, 2.45) is 7.05 Å². The van der Waals surface area contributed by atoms with E-state index >= 15 is 0 Å². The first kappa shape index (κ1) is 26.1. The minimum absolute atomic E-state index is 0.0983. The number of anilines is 1. The van der Waals surface area contributed by atoms with Crippen molar-refractivity contribution in [2.45, 2.75) is 25.4 Å². The molecule has 0 aliphatic carbocycles. The first-order valence-electron chi connectivity index (χ1n) is 12.2. The van der Waals surface area contributed by atoms with Crippen LogP contribution in [-0.2, 0) is 31.2 Å². The minimum atomic E-state index is -0.735. The molecule has 0 fully saturated rings. The molecule has 11 heteroatoms. The molecule has 5 rings (SSSR count). The second-order valence-electron chi connectivity index (χ2n) is 9.11. The van der Waals surface area contributed by atoms with Crippen LogP contribution in [-0.4, -0.2) is 55.4 Å². The third-order valence-electron chi connectivity index (χ3n) is 6.56. The maximum absolute atomic E-state index is 13.8. The Labute approximate surface area is 229 Å². The van der Waals surface area contributed by atoms with Gasteiger partial charge in [0.25, 0.3) is 11.8 Å². The van der Waals surface area contributed by atoms with E-state index in [1.807, 2.05) is 12.1 Å². The molecule has 1 atom stereocenters. The predicted octanol–water partition coefficient (Wildman–Crippen LogP) is 3.50. The minimum Gasteiger partial charge on any atom is -0.497 e. The van der Waals surface area contributed by atoms with Crippen molar-refractivity contribution in [3.8, 4) is 5.75 Å². The summed E-state index contributed by atoms with van der Waals surface area (Å²) >= 11 is 6.52. The Kier molecular flexibility index (Phi) is 7.38. The Morgan fingerprint density at radius 3 is 2.72 bits per heavy atom. The van der Waals surface area contributed by atoms with E-state index < -0.39 is 11.9 Å². The molecule has 0 unspecified atom stereocenters. The number of halogens is 1. The number of aromatic nitrogens is 4. The number of Topliss-reactive ketones (excluding diaryl/α,β-unsaturated/α-hetero) is 1. The molecule has 0 radical (unpaired) electrons. The lowest BCUT2D eigenvalue weighted by Crippen LogP contribution is -2.45. The summed E-state index contributed by atoms with van der Waals surface area (Å²) in [6, 6.07) is 12.9. The monoisotopic (exact) mass is 544 g/mol. The smallest absolute Gasteiger partial charge is 0.273 e. The van der Waals surface area contributed by atoms with Crippen LogP contribution in [0.25, 0.3) is 0 Å². The number of hydrogen-bond acceptors (Lipinski definition) is 7. The van der Waals surface area contributed by atoms with Gasteiger partial charge >= 0.3 is 0 Å². The maximum atomic E-state index is 13.8. The molecular weight excluding hydrogens is 520 g/mol. The zero-order valence-electron chi connectivity index (χ0n) is 21.3. The third kappa shape index (κ3) is 5.51. The largest absolute Gasteiger partial charge is 0.497 e. The summed E-state index contributed by atoms with van der Waals surface area (Å²) in [4.78, 5) is 50.1. The highest BCUT2D eigenvalue weighted by molar-refractivity contribution is 6.34. The molecule has 0 saturated heterocycles. The number of ketones is 1. The normalized spacial score (nSPS) is 15.1. The molecule has 2 amide bonds. The molecule has 10 nitrogen and oxygen atoms in total. The molecule has 0 spiro atoms. The molecule has 198 valence electrons. The SMILES string of the molecule is COc1ccnc(NC(=O)c2ccc(CN3C(=O)c4c(cnn4C)CC(=O)[C@@H]3Cc3ccccn3)cc2Cl)c1. The Hall–Kier alpha value is -4.57. The summed E-state index contributed by atoms with van der Waals surface area (Å²) in [5.41, 5.74) is 2.57. The number of aryl methyl sites for hydroxylation is 1. The van der Waals surface area contributed by atoms with Crippen LogP contribution in [0.3, 0.4) is 0 Å². The third-order valence-corrected chi connectivity index (χ3v) is 6.87. The van der Waals surface area contributed by atoms with E-state index in [-0.39, 0.29) is 41.7 Å². The van der Waals surface area contributed by atoms with Crippen molar-refractivity contribution in [1.82, 2.24) is 24.6 Å². The number of nitrogens with zero attached hydrogens (tertiary/aromatic N) is 5. The van der Waals surface area contributed by atoms with Crippen LogP contribution in [0.15, 0.2) is 67.1 Å². The number of benzene rings is 1. The van der Waals surface area contributed by atoms with Crippen LogP contribution < -0.4 is 10.1 Å². The van der Waals surface area contributed by atoms with Crippen molar-refractivity contribution in [2.75, 3.05) is 12.4 Å². The van der Waals surface area contributed by atoms with Crippen LogP contribution in [0.4, 0.5) is 5.82 Å². The van der Waals surface area contributed by atoms with Gasteiger partial charge in [-0.1, -0.05) is 23.7 Å². The number of fused-ring (bicyclic) bond motifs is 1. The molecular formula is C28H25ClN6O4. The Bertz CT molecular complexity index is 1550. The molecule has 4 aromatic rings. The van der Waals surface area contributed by atoms with E-state index in [4.69, 9.17) is 16.3 Å². The number of hydrogen-bond donors (Lipinski definition) is 1. The Morgan fingerprint density at radius 1 is 1.13 bits per heavy atom. The van der Waals surface area contributed by atoms with Gasteiger partial charge in [0.2, 0.25) is 0 Å². The first-order valence-corrected chi connectivity index (χ1v) is 12.6. The molecule has 4 heterocycles. The fourth-order valence-electron chi connectivity index (χ4n) is 4.60. The number of amides is 2. The number of pyridine rings is 2. The van der Waals surface area contributed by atoms with Gasteiger partial charge in [0.15, 0.2) is 5.78 Å². The van der Waals surface area contributed by atoms with E-state index in [1.165, 1.54) is 22.9 Å². The van der Waals surface area contributed by atoms with Crippen molar-refractivity contribution >= 4 is 35.0 Å². The quantitative estimate of drug-likeness (QED) is 0.378.